The van der Waals surface area contributed by atoms with Crippen LogP contribution in [-0.4, -0.2) is 22.8 Å². The van der Waals surface area contributed by atoms with E-state index in [1.165, 1.54) is 11.1 Å². The molecule has 1 aliphatic carbocycles. The first kappa shape index (κ1) is 13.3. The number of amides is 1. The summed E-state index contributed by atoms with van der Waals surface area (Å²) in [6.45, 7) is 0. The Kier molecular flexibility index (Phi) is 3.57. The molecule has 20 heavy (non-hydrogen) atoms. The summed E-state index contributed by atoms with van der Waals surface area (Å²) in [7, 11) is 1.88. The van der Waals surface area contributed by atoms with Crippen LogP contribution in [0.2, 0.25) is 0 Å². The van der Waals surface area contributed by atoms with E-state index in [1.54, 1.807) is 18.3 Å². The maximum absolute atomic E-state index is 12.6. The molecule has 0 radical (unpaired) electrons. The van der Waals surface area contributed by atoms with E-state index in [-0.39, 0.29) is 11.9 Å². The SMILES string of the molecule is CN(C(=O)c1ccnc(Br)c1)C1CCc2ccccc21. The van der Waals surface area contributed by atoms with Crippen molar-refractivity contribution in [3.63, 3.8) is 0 Å². The molecule has 1 aromatic heterocycles. The molecule has 0 fully saturated rings. The van der Waals surface area contributed by atoms with Gasteiger partial charge in [0.15, 0.2) is 0 Å². The molecule has 0 N–H and O–H groups in total. The van der Waals surface area contributed by atoms with Gasteiger partial charge in [-0.25, -0.2) is 4.98 Å². The van der Waals surface area contributed by atoms with Crippen LogP contribution in [0.5, 0.6) is 0 Å². The number of benzene rings is 1. The lowest BCUT2D eigenvalue weighted by molar-refractivity contribution is 0.0730. The number of aromatic nitrogens is 1. The first-order valence-electron chi connectivity index (χ1n) is 6.63. The van der Waals surface area contributed by atoms with Gasteiger partial charge in [-0.15, -0.1) is 0 Å². The Morgan fingerprint density at radius 2 is 2.15 bits per heavy atom. The van der Waals surface area contributed by atoms with E-state index in [9.17, 15) is 4.79 Å². The van der Waals surface area contributed by atoms with Crippen molar-refractivity contribution in [1.82, 2.24) is 9.88 Å². The molecule has 0 aliphatic heterocycles. The molecule has 0 saturated heterocycles. The van der Waals surface area contributed by atoms with E-state index in [4.69, 9.17) is 0 Å². The van der Waals surface area contributed by atoms with Crippen LogP contribution in [0.3, 0.4) is 0 Å². The van der Waals surface area contributed by atoms with Gasteiger partial charge in [0, 0.05) is 18.8 Å². The predicted octanol–water partition coefficient (Wildman–Crippen LogP) is 3.60. The van der Waals surface area contributed by atoms with Gasteiger partial charge < -0.3 is 4.90 Å². The molecule has 1 heterocycles. The van der Waals surface area contributed by atoms with Crippen LogP contribution in [0.1, 0.15) is 33.9 Å². The highest BCUT2D eigenvalue weighted by molar-refractivity contribution is 9.10. The van der Waals surface area contributed by atoms with Crippen molar-refractivity contribution in [2.45, 2.75) is 18.9 Å². The Bertz CT molecular complexity index is 656. The minimum Gasteiger partial charge on any atom is -0.335 e. The third-order valence-corrected chi connectivity index (χ3v) is 4.30. The van der Waals surface area contributed by atoms with Crippen molar-refractivity contribution in [2.75, 3.05) is 7.05 Å². The van der Waals surface area contributed by atoms with E-state index in [0.717, 1.165) is 12.8 Å². The number of halogens is 1. The molecule has 1 atom stereocenters. The van der Waals surface area contributed by atoms with Crippen molar-refractivity contribution in [1.29, 1.82) is 0 Å². The van der Waals surface area contributed by atoms with E-state index in [0.29, 0.717) is 10.2 Å². The zero-order chi connectivity index (χ0) is 14.1. The molecular formula is C16H15BrN2O. The average Bonchev–Trinajstić information content (AvgIpc) is 2.89. The largest absolute Gasteiger partial charge is 0.335 e. The lowest BCUT2D eigenvalue weighted by atomic mass is 10.1. The van der Waals surface area contributed by atoms with E-state index in [1.807, 2.05) is 18.0 Å². The first-order valence-corrected chi connectivity index (χ1v) is 7.42. The fourth-order valence-electron chi connectivity index (χ4n) is 2.82. The molecule has 0 spiro atoms. The predicted molar refractivity (Wildman–Crippen MR) is 81.5 cm³/mol. The van der Waals surface area contributed by atoms with Crippen molar-refractivity contribution in [2.24, 2.45) is 0 Å². The molecule has 1 amide bonds. The Morgan fingerprint density at radius 3 is 2.95 bits per heavy atom. The van der Waals surface area contributed by atoms with Crippen LogP contribution in [0.25, 0.3) is 0 Å². The van der Waals surface area contributed by atoms with Gasteiger partial charge in [-0.05, 0) is 52.0 Å². The minimum absolute atomic E-state index is 0.0369. The van der Waals surface area contributed by atoms with Gasteiger partial charge in [-0.3, -0.25) is 4.79 Å². The highest BCUT2D eigenvalue weighted by Gasteiger charge is 2.28. The molecule has 4 heteroatoms. The molecule has 3 nitrogen and oxygen atoms in total. The van der Waals surface area contributed by atoms with E-state index in [2.05, 4.69) is 39.1 Å². The number of hydrogen-bond donors (Lipinski definition) is 0. The Balaban J connectivity index is 1.87. The third kappa shape index (κ3) is 2.36. The van der Waals surface area contributed by atoms with Gasteiger partial charge >= 0.3 is 0 Å². The van der Waals surface area contributed by atoms with Gasteiger partial charge in [0.1, 0.15) is 4.60 Å². The highest BCUT2D eigenvalue weighted by Crippen LogP contribution is 2.35. The topological polar surface area (TPSA) is 33.2 Å². The van der Waals surface area contributed by atoms with Crippen LogP contribution in [0.4, 0.5) is 0 Å². The zero-order valence-electron chi connectivity index (χ0n) is 11.2. The summed E-state index contributed by atoms with van der Waals surface area (Å²) < 4.78 is 0.684. The second-order valence-electron chi connectivity index (χ2n) is 5.04. The monoisotopic (exact) mass is 330 g/mol. The fourth-order valence-corrected chi connectivity index (χ4v) is 3.18. The normalized spacial score (nSPS) is 16.8. The molecule has 1 aliphatic rings. The number of aryl methyl sites for hydroxylation is 1. The summed E-state index contributed by atoms with van der Waals surface area (Å²) in [6.07, 6.45) is 3.68. The number of nitrogens with zero attached hydrogens (tertiary/aromatic N) is 2. The van der Waals surface area contributed by atoms with Crippen LogP contribution >= 0.6 is 15.9 Å². The van der Waals surface area contributed by atoms with Crippen LogP contribution in [-0.2, 0) is 6.42 Å². The maximum atomic E-state index is 12.6. The van der Waals surface area contributed by atoms with Crippen molar-refractivity contribution in [3.8, 4) is 0 Å². The summed E-state index contributed by atoms with van der Waals surface area (Å²) >= 11 is 3.31. The smallest absolute Gasteiger partial charge is 0.254 e. The number of fused-ring (bicyclic) bond motifs is 1. The lowest BCUT2D eigenvalue weighted by Gasteiger charge is -2.25. The number of carbonyl (C=O) groups is 1. The molecule has 2 aromatic rings. The van der Waals surface area contributed by atoms with Gasteiger partial charge in [0.05, 0.1) is 6.04 Å². The summed E-state index contributed by atoms with van der Waals surface area (Å²) in [5.41, 5.74) is 3.29. The average molecular weight is 331 g/mol. The third-order valence-electron chi connectivity index (χ3n) is 3.86. The molecule has 102 valence electrons. The number of carbonyl (C=O) groups excluding carboxylic acids is 1. The molecular weight excluding hydrogens is 316 g/mol. The maximum Gasteiger partial charge on any atom is 0.254 e. The second-order valence-corrected chi connectivity index (χ2v) is 5.85. The number of hydrogen-bond acceptors (Lipinski definition) is 2. The van der Waals surface area contributed by atoms with Crippen LogP contribution < -0.4 is 0 Å². The van der Waals surface area contributed by atoms with Crippen LogP contribution in [0.15, 0.2) is 47.2 Å². The molecule has 1 aromatic carbocycles. The van der Waals surface area contributed by atoms with Gasteiger partial charge in [-0.2, -0.15) is 0 Å². The quantitative estimate of drug-likeness (QED) is 0.788. The van der Waals surface area contributed by atoms with Crippen molar-refractivity contribution in [3.05, 3.63) is 63.9 Å². The summed E-state index contributed by atoms with van der Waals surface area (Å²) in [4.78, 5) is 18.5. The van der Waals surface area contributed by atoms with Crippen molar-refractivity contribution < 1.29 is 4.79 Å². The van der Waals surface area contributed by atoms with Crippen molar-refractivity contribution >= 4 is 21.8 Å². The molecule has 3 rings (SSSR count). The lowest BCUT2D eigenvalue weighted by Crippen LogP contribution is -2.30. The summed E-state index contributed by atoms with van der Waals surface area (Å²) in [5, 5.41) is 0. The van der Waals surface area contributed by atoms with Gasteiger partial charge in [0.25, 0.3) is 5.91 Å². The second kappa shape index (κ2) is 5.37. The first-order chi connectivity index (χ1) is 9.66. The Labute approximate surface area is 126 Å². The highest BCUT2D eigenvalue weighted by atomic mass is 79.9. The van der Waals surface area contributed by atoms with Gasteiger partial charge in [0.2, 0.25) is 0 Å². The number of rotatable bonds is 2. The van der Waals surface area contributed by atoms with Crippen LogP contribution in [0, 0.1) is 0 Å². The molecule has 1 unspecified atom stereocenters. The Hall–Kier alpha value is -1.68. The standard InChI is InChI=1S/C16H15BrN2O/c1-19(16(20)12-8-9-18-15(17)10-12)14-7-6-11-4-2-3-5-13(11)14/h2-5,8-10,14H,6-7H2,1H3. The fraction of sp³-hybridized carbons (Fsp3) is 0.250. The summed E-state index contributed by atoms with van der Waals surface area (Å²) in [5.74, 6) is 0.0369. The van der Waals surface area contributed by atoms with E-state index >= 15 is 0 Å². The Morgan fingerprint density at radius 1 is 1.35 bits per heavy atom. The zero-order valence-corrected chi connectivity index (χ0v) is 12.8. The molecule has 0 saturated carbocycles. The number of pyridine rings is 1. The minimum atomic E-state index is 0.0369. The van der Waals surface area contributed by atoms with Gasteiger partial charge in [-0.1, -0.05) is 24.3 Å². The van der Waals surface area contributed by atoms with E-state index < -0.39 is 0 Å². The molecule has 0 bridgehead atoms. The summed E-state index contributed by atoms with van der Waals surface area (Å²) in [6, 6.07) is 12.1.